The number of thiocarbonyl (C=S) groups is 1. The molecule has 110 valence electrons. The Bertz CT molecular complexity index is 699. The summed E-state index contributed by atoms with van der Waals surface area (Å²) in [6.45, 7) is 3.42. The van der Waals surface area contributed by atoms with Gasteiger partial charge < -0.3 is 15.1 Å². The number of nitrogens with zero attached hydrogens (tertiary/aromatic N) is 1. The lowest BCUT2D eigenvalue weighted by Gasteiger charge is -2.38. The van der Waals surface area contributed by atoms with Gasteiger partial charge in [0.05, 0.1) is 10.6 Å². The van der Waals surface area contributed by atoms with Crippen molar-refractivity contribution in [2.24, 2.45) is 11.1 Å². The zero-order chi connectivity index (χ0) is 15.0. The van der Waals surface area contributed by atoms with Gasteiger partial charge in [-0.25, -0.2) is 0 Å². The lowest BCUT2D eigenvalue weighted by molar-refractivity contribution is 0.0671. The standard InChI is InChI=1S/C16H18N2O2S/c1-16(15(17)21)6-8-18(9-7-16)14(19)12-10-20-13-5-3-2-4-11(12)13/h2-5,10H,6-9H2,1H3,(H2,17,21). The van der Waals surface area contributed by atoms with Crippen molar-refractivity contribution in [3.8, 4) is 0 Å². The maximum Gasteiger partial charge on any atom is 0.257 e. The summed E-state index contributed by atoms with van der Waals surface area (Å²) in [6.07, 6.45) is 3.17. The van der Waals surface area contributed by atoms with Crippen LogP contribution >= 0.6 is 12.2 Å². The molecular weight excluding hydrogens is 284 g/mol. The molecular formula is C16H18N2O2S. The smallest absolute Gasteiger partial charge is 0.257 e. The molecule has 21 heavy (non-hydrogen) atoms. The van der Waals surface area contributed by atoms with E-state index in [1.807, 2.05) is 29.2 Å². The Morgan fingerprint density at radius 2 is 2.00 bits per heavy atom. The molecule has 0 aliphatic carbocycles. The maximum absolute atomic E-state index is 12.7. The fraction of sp³-hybridized carbons (Fsp3) is 0.375. The third-order valence-electron chi connectivity index (χ3n) is 4.46. The van der Waals surface area contributed by atoms with Gasteiger partial charge in [0.2, 0.25) is 0 Å². The number of para-hydroxylation sites is 1. The van der Waals surface area contributed by atoms with Crippen LogP contribution in [0.5, 0.6) is 0 Å². The third-order valence-corrected chi connectivity index (χ3v) is 4.95. The second-order valence-corrected chi connectivity index (χ2v) is 6.30. The van der Waals surface area contributed by atoms with Crippen LogP contribution in [0.25, 0.3) is 11.0 Å². The second kappa shape index (κ2) is 5.15. The Hall–Kier alpha value is -1.88. The SMILES string of the molecule is CC1(C(N)=S)CCN(C(=O)c2coc3ccccc23)CC1. The Kier molecular flexibility index (Phi) is 3.45. The Morgan fingerprint density at radius 3 is 2.67 bits per heavy atom. The summed E-state index contributed by atoms with van der Waals surface area (Å²) in [4.78, 5) is 15.1. The van der Waals surface area contributed by atoms with Crippen LogP contribution in [-0.2, 0) is 0 Å². The molecule has 1 amide bonds. The molecule has 1 aromatic heterocycles. The monoisotopic (exact) mass is 302 g/mol. The van der Waals surface area contributed by atoms with Gasteiger partial charge in [0, 0.05) is 23.9 Å². The highest BCUT2D eigenvalue weighted by Gasteiger charge is 2.34. The summed E-state index contributed by atoms with van der Waals surface area (Å²) < 4.78 is 5.45. The first-order valence-corrected chi connectivity index (χ1v) is 7.47. The molecule has 0 atom stereocenters. The van der Waals surface area contributed by atoms with E-state index in [1.54, 1.807) is 6.26 Å². The molecule has 2 aromatic rings. The zero-order valence-corrected chi connectivity index (χ0v) is 12.8. The number of carbonyl (C=O) groups is 1. The Morgan fingerprint density at radius 1 is 1.33 bits per heavy atom. The van der Waals surface area contributed by atoms with Gasteiger partial charge in [0.25, 0.3) is 5.91 Å². The number of amides is 1. The van der Waals surface area contributed by atoms with E-state index in [0.29, 0.717) is 23.6 Å². The van der Waals surface area contributed by atoms with Crippen LogP contribution in [0.3, 0.4) is 0 Å². The minimum Gasteiger partial charge on any atom is -0.463 e. The van der Waals surface area contributed by atoms with E-state index in [0.717, 1.165) is 23.8 Å². The first-order valence-electron chi connectivity index (χ1n) is 7.07. The van der Waals surface area contributed by atoms with Crippen molar-refractivity contribution in [3.05, 3.63) is 36.1 Å². The number of piperidine rings is 1. The van der Waals surface area contributed by atoms with E-state index in [4.69, 9.17) is 22.4 Å². The highest BCUT2D eigenvalue weighted by molar-refractivity contribution is 7.80. The number of benzene rings is 1. The summed E-state index contributed by atoms with van der Waals surface area (Å²) in [5, 5.41) is 0.866. The number of fused-ring (bicyclic) bond motifs is 1. The van der Waals surface area contributed by atoms with Crippen molar-refractivity contribution in [1.82, 2.24) is 4.90 Å². The third kappa shape index (κ3) is 2.42. The minimum absolute atomic E-state index is 0.0185. The van der Waals surface area contributed by atoms with Crippen LogP contribution in [0.15, 0.2) is 34.9 Å². The quantitative estimate of drug-likeness (QED) is 0.867. The van der Waals surface area contributed by atoms with Gasteiger partial charge in [-0.3, -0.25) is 4.79 Å². The fourth-order valence-corrected chi connectivity index (χ4v) is 2.97. The molecule has 1 aliphatic heterocycles. The summed E-state index contributed by atoms with van der Waals surface area (Å²) in [6, 6.07) is 7.59. The molecule has 1 aromatic carbocycles. The molecule has 0 spiro atoms. The van der Waals surface area contributed by atoms with E-state index in [1.165, 1.54) is 0 Å². The minimum atomic E-state index is -0.134. The molecule has 1 fully saturated rings. The maximum atomic E-state index is 12.7. The van der Waals surface area contributed by atoms with Crippen LogP contribution < -0.4 is 5.73 Å². The molecule has 5 heteroatoms. The Labute approximate surface area is 128 Å². The Balaban J connectivity index is 1.80. The summed E-state index contributed by atoms with van der Waals surface area (Å²) >= 11 is 5.14. The number of hydrogen-bond acceptors (Lipinski definition) is 3. The van der Waals surface area contributed by atoms with Crippen molar-refractivity contribution in [3.63, 3.8) is 0 Å². The molecule has 0 radical (unpaired) electrons. The molecule has 2 heterocycles. The first kappa shape index (κ1) is 14.1. The van der Waals surface area contributed by atoms with Crippen molar-refractivity contribution < 1.29 is 9.21 Å². The van der Waals surface area contributed by atoms with Gasteiger partial charge >= 0.3 is 0 Å². The molecule has 4 nitrogen and oxygen atoms in total. The summed E-state index contributed by atoms with van der Waals surface area (Å²) in [5.74, 6) is 0.0185. The molecule has 2 N–H and O–H groups in total. The average Bonchev–Trinajstić information content (AvgIpc) is 2.91. The van der Waals surface area contributed by atoms with E-state index < -0.39 is 0 Å². The molecule has 1 saturated heterocycles. The predicted molar refractivity (Wildman–Crippen MR) is 86.2 cm³/mol. The highest BCUT2D eigenvalue weighted by atomic mass is 32.1. The number of rotatable bonds is 2. The first-order chi connectivity index (χ1) is 10.0. The van der Waals surface area contributed by atoms with Gasteiger partial charge in [0.15, 0.2) is 0 Å². The van der Waals surface area contributed by atoms with Crippen LogP contribution in [-0.4, -0.2) is 28.9 Å². The van der Waals surface area contributed by atoms with Crippen molar-refractivity contribution in [2.75, 3.05) is 13.1 Å². The molecule has 0 unspecified atom stereocenters. The molecule has 0 bridgehead atoms. The second-order valence-electron chi connectivity index (χ2n) is 5.86. The highest BCUT2D eigenvalue weighted by Crippen LogP contribution is 2.32. The average molecular weight is 302 g/mol. The number of hydrogen-bond donors (Lipinski definition) is 1. The molecule has 0 saturated carbocycles. The predicted octanol–water partition coefficient (Wildman–Crippen LogP) is 2.96. The van der Waals surface area contributed by atoms with Crippen LogP contribution in [0, 0.1) is 5.41 Å². The van der Waals surface area contributed by atoms with E-state index in [9.17, 15) is 4.79 Å². The number of nitrogens with two attached hydrogens (primary N) is 1. The van der Waals surface area contributed by atoms with Gasteiger partial charge in [-0.15, -0.1) is 0 Å². The summed E-state index contributed by atoms with van der Waals surface area (Å²) in [5.41, 5.74) is 7.04. The van der Waals surface area contributed by atoms with Crippen LogP contribution in [0.2, 0.25) is 0 Å². The van der Waals surface area contributed by atoms with E-state index in [2.05, 4.69) is 6.92 Å². The van der Waals surface area contributed by atoms with Gasteiger partial charge in [-0.05, 0) is 18.9 Å². The molecule has 3 rings (SSSR count). The lowest BCUT2D eigenvalue weighted by atomic mass is 9.80. The normalized spacial score (nSPS) is 17.9. The van der Waals surface area contributed by atoms with Crippen molar-refractivity contribution in [2.45, 2.75) is 19.8 Å². The van der Waals surface area contributed by atoms with Crippen molar-refractivity contribution >= 4 is 34.1 Å². The number of likely N-dealkylation sites (tertiary alicyclic amines) is 1. The lowest BCUT2D eigenvalue weighted by Crippen LogP contribution is -2.46. The summed E-state index contributed by atoms with van der Waals surface area (Å²) in [7, 11) is 0. The van der Waals surface area contributed by atoms with Crippen molar-refractivity contribution in [1.29, 1.82) is 0 Å². The number of carbonyl (C=O) groups excluding carboxylic acids is 1. The van der Waals surface area contributed by atoms with Crippen LogP contribution in [0.1, 0.15) is 30.1 Å². The number of furan rings is 1. The van der Waals surface area contributed by atoms with Gasteiger partial charge in [-0.1, -0.05) is 37.3 Å². The van der Waals surface area contributed by atoms with Crippen LogP contribution in [0.4, 0.5) is 0 Å². The topological polar surface area (TPSA) is 59.5 Å². The zero-order valence-electron chi connectivity index (χ0n) is 12.0. The van der Waals surface area contributed by atoms with Gasteiger partial charge in [0.1, 0.15) is 11.8 Å². The largest absolute Gasteiger partial charge is 0.463 e. The molecule has 1 aliphatic rings. The van der Waals surface area contributed by atoms with E-state index in [-0.39, 0.29) is 11.3 Å². The van der Waals surface area contributed by atoms with Gasteiger partial charge in [-0.2, -0.15) is 0 Å². The van der Waals surface area contributed by atoms with E-state index >= 15 is 0 Å². The fourth-order valence-electron chi connectivity index (χ4n) is 2.76.